The molecular formula is C12H13N3O2S. The monoisotopic (exact) mass is 263 g/mol. The topological polar surface area (TPSA) is 64.0 Å². The molecule has 1 amide bonds. The number of amides is 1. The summed E-state index contributed by atoms with van der Waals surface area (Å²) in [6.07, 6.45) is 0. The maximum absolute atomic E-state index is 11.6. The summed E-state index contributed by atoms with van der Waals surface area (Å²) in [6, 6.07) is 7.06. The van der Waals surface area contributed by atoms with Gasteiger partial charge in [-0.2, -0.15) is 5.10 Å². The molecule has 0 radical (unpaired) electrons. The van der Waals surface area contributed by atoms with Gasteiger partial charge in [0, 0.05) is 18.0 Å². The second-order valence-electron chi connectivity index (χ2n) is 3.80. The summed E-state index contributed by atoms with van der Waals surface area (Å²) >= 11 is 1.60. The van der Waals surface area contributed by atoms with Gasteiger partial charge in [-0.05, 0) is 25.1 Å². The van der Waals surface area contributed by atoms with Gasteiger partial charge < -0.3 is 5.32 Å². The first-order valence-electron chi connectivity index (χ1n) is 5.45. The molecule has 0 unspecified atom stereocenters. The van der Waals surface area contributed by atoms with Gasteiger partial charge in [0.2, 0.25) is 5.91 Å². The highest BCUT2D eigenvalue weighted by atomic mass is 32.1. The fourth-order valence-electron chi connectivity index (χ4n) is 1.48. The second kappa shape index (κ2) is 5.14. The number of thiophene rings is 1. The molecule has 5 nitrogen and oxygen atoms in total. The van der Waals surface area contributed by atoms with Crippen molar-refractivity contribution < 1.29 is 4.79 Å². The standard InChI is InChI=1S/C12H13N3O2S/c1-8-3-5-10(18-8)9-4-6-12(17)15(14-9)7-11(16)13-2/h3-6H,7H2,1-2H3,(H,13,16). The molecule has 0 saturated heterocycles. The molecule has 2 rings (SSSR count). The Kier molecular flexibility index (Phi) is 3.57. The normalized spacial score (nSPS) is 10.3. The quantitative estimate of drug-likeness (QED) is 0.899. The van der Waals surface area contributed by atoms with Crippen LogP contribution in [0, 0.1) is 6.92 Å². The lowest BCUT2D eigenvalue weighted by atomic mass is 10.3. The highest BCUT2D eigenvalue weighted by molar-refractivity contribution is 7.15. The number of carbonyl (C=O) groups is 1. The SMILES string of the molecule is CNC(=O)Cn1nc(-c2ccc(C)s2)ccc1=O. The van der Waals surface area contributed by atoms with Crippen LogP contribution in [0.25, 0.3) is 10.6 Å². The maximum atomic E-state index is 11.6. The first-order valence-corrected chi connectivity index (χ1v) is 6.27. The van der Waals surface area contributed by atoms with E-state index in [1.54, 1.807) is 17.4 Å². The van der Waals surface area contributed by atoms with E-state index >= 15 is 0 Å². The van der Waals surface area contributed by atoms with E-state index in [1.807, 2.05) is 19.1 Å². The third-order valence-electron chi connectivity index (χ3n) is 2.43. The van der Waals surface area contributed by atoms with Gasteiger partial charge >= 0.3 is 0 Å². The molecular weight excluding hydrogens is 250 g/mol. The summed E-state index contributed by atoms with van der Waals surface area (Å²) in [4.78, 5) is 25.0. The fourth-order valence-corrected chi connectivity index (χ4v) is 2.31. The third-order valence-corrected chi connectivity index (χ3v) is 3.45. The average molecular weight is 263 g/mol. The predicted octanol–water partition coefficient (Wildman–Crippen LogP) is 1.03. The van der Waals surface area contributed by atoms with Gasteiger partial charge in [0.1, 0.15) is 12.2 Å². The Morgan fingerprint density at radius 2 is 2.17 bits per heavy atom. The van der Waals surface area contributed by atoms with Crippen molar-refractivity contribution in [3.05, 3.63) is 39.5 Å². The number of aryl methyl sites for hydroxylation is 1. The summed E-state index contributed by atoms with van der Waals surface area (Å²) in [5.41, 5.74) is 0.423. The van der Waals surface area contributed by atoms with Crippen molar-refractivity contribution in [1.29, 1.82) is 0 Å². The van der Waals surface area contributed by atoms with Crippen molar-refractivity contribution in [1.82, 2.24) is 15.1 Å². The Morgan fingerprint density at radius 1 is 1.39 bits per heavy atom. The van der Waals surface area contributed by atoms with E-state index < -0.39 is 0 Å². The van der Waals surface area contributed by atoms with Gasteiger partial charge in [-0.3, -0.25) is 9.59 Å². The van der Waals surface area contributed by atoms with Crippen LogP contribution in [0.2, 0.25) is 0 Å². The van der Waals surface area contributed by atoms with Crippen LogP contribution >= 0.6 is 11.3 Å². The van der Waals surface area contributed by atoms with Crippen molar-refractivity contribution in [3.63, 3.8) is 0 Å². The van der Waals surface area contributed by atoms with Gasteiger partial charge in [0.25, 0.3) is 5.56 Å². The molecule has 0 atom stereocenters. The molecule has 0 aliphatic rings. The molecule has 2 heterocycles. The predicted molar refractivity (Wildman–Crippen MR) is 70.6 cm³/mol. The molecule has 0 spiro atoms. The van der Waals surface area contributed by atoms with E-state index in [0.717, 1.165) is 4.88 Å². The Morgan fingerprint density at radius 3 is 2.78 bits per heavy atom. The zero-order valence-corrected chi connectivity index (χ0v) is 11.0. The Balaban J connectivity index is 2.37. The molecule has 0 bridgehead atoms. The smallest absolute Gasteiger partial charge is 0.267 e. The van der Waals surface area contributed by atoms with Crippen LogP contribution in [0.1, 0.15) is 4.88 Å². The number of nitrogens with zero attached hydrogens (tertiary/aromatic N) is 2. The van der Waals surface area contributed by atoms with Crippen molar-refractivity contribution in [2.24, 2.45) is 0 Å². The van der Waals surface area contributed by atoms with E-state index in [0.29, 0.717) is 5.69 Å². The Bertz CT molecular complexity index is 630. The molecule has 0 aliphatic heterocycles. The highest BCUT2D eigenvalue weighted by Gasteiger charge is 2.07. The average Bonchev–Trinajstić information content (AvgIpc) is 2.78. The van der Waals surface area contributed by atoms with E-state index in [-0.39, 0.29) is 18.0 Å². The van der Waals surface area contributed by atoms with E-state index in [2.05, 4.69) is 10.4 Å². The maximum Gasteiger partial charge on any atom is 0.267 e. The minimum absolute atomic E-state index is 0.0620. The molecule has 0 aliphatic carbocycles. The zero-order chi connectivity index (χ0) is 13.1. The number of aromatic nitrogens is 2. The third kappa shape index (κ3) is 2.65. The zero-order valence-electron chi connectivity index (χ0n) is 10.1. The van der Waals surface area contributed by atoms with Gasteiger partial charge in [-0.1, -0.05) is 0 Å². The lowest BCUT2D eigenvalue weighted by Gasteiger charge is -2.04. The molecule has 94 valence electrons. The van der Waals surface area contributed by atoms with Gasteiger partial charge in [-0.25, -0.2) is 4.68 Å². The highest BCUT2D eigenvalue weighted by Crippen LogP contribution is 2.24. The van der Waals surface area contributed by atoms with E-state index in [9.17, 15) is 9.59 Å². The lowest BCUT2D eigenvalue weighted by molar-refractivity contribution is -0.121. The molecule has 2 aromatic heterocycles. The molecule has 0 aromatic carbocycles. The molecule has 0 saturated carbocycles. The van der Waals surface area contributed by atoms with Crippen LogP contribution in [-0.4, -0.2) is 22.7 Å². The number of nitrogens with one attached hydrogen (secondary N) is 1. The van der Waals surface area contributed by atoms with Crippen molar-refractivity contribution in [2.75, 3.05) is 7.05 Å². The Hall–Kier alpha value is -1.95. The summed E-state index contributed by atoms with van der Waals surface area (Å²) in [5, 5.41) is 6.67. The summed E-state index contributed by atoms with van der Waals surface area (Å²) in [6.45, 7) is 1.95. The largest absolute Gasteiger partial charge is 0.358 e. The summed E-state index contributed by atoms with van der Waals surface area (Å²) in [7, 11) is 1.53. The summed E-state index contributed by atoms with van der Waals surface area (Å²) < 4.78 is 1.17. The van der Waals surface area contributed by atoms with Crippen molar-refractivity contribution in [2.45, 2.75) is 13.5 Å². The fraction of sp³-hybridized carbons (Fsp3) is 0.250. The Labute approximate surface area is 108 Å². The molecule has 18 heavy (non-hydrogen) atoms. The number of hydrogen-bond acceptors (Lipinski definition) is 4. The first-order chi connectivity index (χ1) is 8.60. The van der Waals surface area contributed by atoms with E-state index in [4.69, 9.17) is 0 Å². The van der Waals surface area contributed by atoms with Gasteiger partial charge in [-0.15, -0.1) is 11.3 Å². The van der Waals surface area contributed by atoms with Crippen LogP contribution < -0.4 is 10.9 Å². The molecule has 1 N–H and O–H groups in total. The second-order valence-corrected chi connectivity index (χ2v) is 5.09. The lowest BCUT2D eigenvalue weighted by Crippen LogP contribution is -2.31. The van der Waals surface area contributed by atoms with Crippen LogP contribution in [0.3, 0.4) is 0 Å². The van der Waals surface area contributed by atoms with Crippen LogP contribution in [0.4, 0.5) is 0 Å². The van der Waals surface area contributed by atoms with E-state index in [1.165, 1.54) is 22.7 Å². The number of carbonyl (C=O) groups excluding carboxylic acids is 1. The van der Waals surface area contributed by atoms with Crippen LogP contribution in [0.15, 0.2) is 29.1 Å². The molecule has 6 heteroatoms. The molecule has 0 fully saturated rings. The summed E-state index contributed by atoms with van der Waals surface area (Å²) in [5.74, 6) is -0.246. The number of hydrogen-bond donors (Lipinski definition) is 1. The minimum Gasteiger partial charge on any atom is -0.358 e. The van der Waals surface area contributed by atoms with Crippen LogP contribution in [0.5, 0.6) is 0 Å². The number of likely N-dealkylation sites (N-methyl/N-ethyl adjacent to an activating group) is 1. The first kappa shape index (κ1) is 12.5. The van der Waals surface area contributed by atoms with Crippen molar-refractivity contribution >= 4 is 17.2 Å². The van der Waals surface area contributed by atoms with Crippen LogP contribution in [-0.2, 0) is 11.3 Å². The van der Waals surface area contributed by atoms with Gasteiger partial charge in [0.05, 0.1) is 4.88 Å². The number of rotatable bonds is 3. The van der Waals surface area contributed by atoms with Crippen molar-refractivity contribution in [3.8, 4) is 10.6 Å². The minimum atomic E-state index is -0.282. The van der Waals surface area contributed by atoms with Gasteiger partial charge in [0.15, 0.2) is 0 Å². The molecule has 2 aromatic rings.